The van der Waals surface area contributed by atoms with Crippen LogP contribution in [0, 0.1) is 17.1 Å². The van der Waals surface area contributed by atoms with Gasteiger partial charge in [-0.3, -0.25) is 4.98 Å². The first-order chi connectivity index (χ1) is 9.77. The van der Waals surface area contributed by atoms with Gasteiger partial charge in [0.2, 0.25) is 0 Å². The van der Waals surface area contributed by atoms with Crippen molar-refractivity contribution in [1.82, 2.24) is 4.98 Å². The predicted molar refractivity (Wildman–Crippen MR) is 73.4 cm³/mol. The van der Waals surface area contributed by atoms with Crippen molar-refractivity contribution in [1.29, 1.82) is 5.26 Å². The van der Waals surface area contributed by atoms with Gasteiger partial charge in [-0.15, -0.1) is 0 Å². The number of aromatic nitrogens is 1. The van der Waals surface area contributed by atoms with E-state index in [-0.39, 0.29) is 6.61 Å². The number of hydrogen-bond acceptors (Lipinski definition) is 3. The Morgan fingerprint density at radius 2 is 2.00 bits per heavy atom. The highest BCUT2D eigenvalue weighted by Gasteiger charge is 2.26. The van der Waals surface area contributed by atoms with Gasteiger partial charge in [0.15, 0.2) is 0 Å². The molecular formula is C16H15FN2O. The van der Waals surface area contributed by atoms with Crippen LogP contribution in [-0.2, 0) is 0 Å². The number of nitriles is 1. The van der Waals surface area contributed by atoms with Crippen molar-refractivity contribution >= 4 is 0 Å². The Labute approximate surface area is 117 Å². The fourth-order valence-corrected chi connectivity index (χ4v) is 2.38. The SMILES string of the molecule is N#C[C@H](c1ccccc1)[C@@H](CCO)c1ccncc1F. The second kappa shape index (κ2) is 6.78. The van der Waals surface area contributed by atoms with Crippen molar-refractivity contribution in [3.63, 3.8) is 0 Å². The first-order valence-corrected chi connectivity index (χ1v) is 6.42. The Hall–Kier alpha value is -2.25. The van der Waals surface area contributed by atoms with Crippen LogP contribution in [0.1, 0.15) is 29.4 Å². The molecule has 0 aliphatic heterocycles. The van der Waals surface area contributed by atoms with Gasteiger partial charge in [-0.25, -0.2) is 4.39 Å². The second-order valence-corrected chi connectivity index (χ2v) is 4.53. The van der Waals surface area contributed by atoms with Crippen LogP contribution in [0.15, 0.2) is 48.8 Å². The summed E-state index contributed by atoms with van der Waals surface area (Å²) in [5.74, 6) is -1.34. The number of rotatable bonds is 5. The van der Waals surface area contributed by atoms with E-state index in [1.165, 1.54) is 6.20 Å². The van der Waals surface area contributed by atoms with Crippen LogP contribution in [0.3, 0.4) is 0 Å². The Bertz CT molecular complexity index is 595. The molecule has 0 amide bonds. The van der Waals surface area contributed by atoms with E-state index in [0.717, 1.165) is 11.8 Å². The summed E-state index contributed by atoms with van der Waals surface area (Å²) < 4.78 is 13.9. The van der Waals surface area contributed by atoms with E-state index in [0.29, 0.717) is 12.0 Å². The first kappa shape index (κ1) is 14.2. The Balaban J connectivity index is 2.42. The molecule has 2 aromatic rings. The number of aliphatic hydroxyl groups excluding tert-OH is 1. The number of nitrogens with zero attached hydrogens (tertiary/aromatic N) is 2. The van der Waals surface area contributed by atoms with Crippen molar-refractivity contribution in [2.75, 3.05) is 6.61 Å². The lowest BCUT2D eigenvalue weighted by Gasteiger charge is -2.22. The van der Waals surface area contributed by atoms with Gasteiger partial charge in [-0.05, 0) is 23.6 Å². The summed E-state index contributed by atoms with van der Waals surface area (Å²) in [7, 11) is 0. The van der Waals surface area contributed by atoms with Crippen LogP contribution < -0.4 is 0 Å². The predicted octanol–water partition coefficient (Wildman–Crippen LogP) is 2.99. The minimum Gasteiger partial charge on any atom is -0.396 e. The summed E-state index contributed by atoms with van der Waals surface area (Å²) in [5, 5.41) is 18.7. The van der Waals surface area contributed by atoms with Gasteiger partial charge >= 0.3 is 0 Å². The van der Waals surface area contributed by atoms with Crippen LogP contribution in [-0.4, -0.2) is 16.7 Å². The number of hydrogen-bond donors (Lipinski definition) is 1. The molecule has 1 aromatic carbocycles. The zero-order chi connectivity index (χ0) is 14.4. The van der Waals surface area contributed by atoms with Gasteiger partial charge < -0.3 is 5.11 Å². The number of aliphatic hydroxyl groups is 1. The first-order valence-electron chi connectivity index (χ1n) is 6.42. The third-order valence-electron chi connectivity index (χ3n) is 3.34. The second-order valence-electron chi connectivity index (χ2n) is 4.53. The van der Waals surface area contributed by atoms with Crippen molar-refractivity contribution in [3.8, 4) is 6.07 Å². The third kappa shape index (κ3) is 3.01. The van der Waals surface area contributed by atoms with Gasteiger partial charge in [-0.1, -0.05) is 30.3 Å². The molecule has 0 saturated heterocycles. The molecule has 1 N–H and O–H groups in total. The van der Waals surface area contributed by atoms with E-state index in [1.54, 1.807) is 6.07 Å². The number of benzene rings is 1. The summed E-state index contributed by atoms with van der Waals surface area (Å²) in [6, 6.07) is 13.1. The smallest absolute Gasteiger partial charge is 0.145 e. The molecule has 0 fully saturated rings. The van der Waals surface area contributed by atoms with Crippen molar-refractivity contribution in [2.24, 2.45) is 0 Å². The minimum atomic E-state index is -0.500. The normalized spacial score (nSPS) is 13.4. The maximum atomic E-state index is 13.9. The van der Waals surface area contributed by atoms with Gasteiger partial charge in [0.25, 0.3) is 0 Å². The number of pyridine rings is 1. The molecule has 2 rings (SSSR count). The fourth-order valence-electron chi connectivity index (χ4n) is 2.38. The van der Waals surface area contributed by atoms with Crippen LogP contribution >= 0.6 is 0 Å². The molecule has 0 unspecified atom stereocenters. The fraction of sp³-hybridized carbons (Fsp3) is 0.250. The molecule has 0 spiro atoms. The maximum Gasteiger partial charge on any atom is 0.145 e. The van der Waals surface area contributed by atoms with Crippen LogP contribution in [0.4, 0.5) is 4.39 Å². The molecule has 0 aliphatic rings. The maximum absolute atomic E-state index is 13.9. The average molecular weight is 270 g/mol. The van der Waals surface area contributed by atoms with Gasteiger partial charge in [-0.2, -0.15) is 5.26 Å². The monoisotopic (exact) mass is 270 g/mol. The molecule has 0 saturated carbocycles. The van der Waals surface area contributed by atoms with Crippen molar-refractivity contribution in [2.45, 2.75) is 18.3 Å². The lowest BCUT2D eigenvalue weighted by atomic mass is 9.80. The molecule has 0 bridgehead atoms. The third-order valence-corrected chi connectivity index (χ3v) is 3.34. The minimum absolute atomic E-state index is 0.0998. The van der Waals surface area contributed by atoms with Gasteiger partial charge in [0.1, 0.15) is 5.82 Å². The zero-order valence-electron chi connectivity index (χ0n) is 10.9. The Kier molecular flexibility index (Phi) is 4.80. The van der Waals surface area contributed by atoms with E-state index in [9.17, 15) is 14.8 Å². The van der Waals surface area contributed by atoms with Gasteiger partial charge in [0, 0.05) is 18.7 Å². The van der Waals surface area contributed by atoms with Crippen LogP contribution in [0.25, 0.3) is 0 Å². The number of halogens is 1. The lowest BCUT2D eigenvalue weighted by Crippen LogP contribution is -2.13. The molecule has 20 heavy (non-hydrogen) atoms. The molecule has 0 radical (unpaired) electrons. The molecule has 4 heteroatoms. The summed E-state index contributed by atoms with van der Waals surface area (Å²) in [6.45, 7) is -0.0998. The summed E-state index contributed by atoms with van der Waals surface area (Å²) in [5.41, 5.74) is 1.24. The zero-order valence-corrected chi connectivity index (χ0v) is 10.9. The molecule has 1 heterocycles. The van der Waals surface area contributed by atoms with Crippen LogP contribution in [0.2, 0.25) is 0 Å². The van der Waals surface area contributed by atoms with Crippen molar-refractivity contribution in [3.05, 3.63) is 65.7 Å². The quantitative estimate of drug-likeness (QED) is 0.908. The summed E-state index contributed by atoms with van der Waals surface area (Å²) >= 11 is 0. The van der Waals surface area contributed by atoms with Gasteiger partial charge in [0.05, 0.1) is 18.2 Å². The highest BCUT2D eigenvalue weighted by molar-refractivity contribution is 5.32. The Morgan fingerprint density at radius 1 is 1.25 bits per heavy atom. The van der Waals surface area contributed by atoms with E-state index in [2.05, 4.69) is 11.1 Å². The molecule has 1 aromatic heterocycles. The summed E-state index contributed by atoms with van der Waals surface area (Å²) in [4.78, 5) is 3.72. The molecular weight excluding hydrogens is 255 g/mol. The molecule has 2 atom stereocenters. The van der Waals surface area contributed by atoms with E-state index >= 15 is 0 Å². The largest absolute Gasteiger partial charge is 0.396 e. The van der Waals surface area contributed by atoms with Crippen LogP contribution in [0.5, 0.6) is 0 Å². The summed E-state index contributed by atoms with van der Waals surface area (Å²) in [6.07, 6.45) is 2.97. The average Bonchev–Trinajstić information content (AvgIpc) is 2.49. The van der Waals surface area contributed by atoms with Crippen molar-refractivity contribution < 1.29 is 9.50 Å². The van der Waals surface area contributed by atoms with E-state index < -0.39 is 17.7 Å². The molecule has 0 aliphatic carbocycles. The highest BCUT2D eigenvalue weighted by Crippen LogP contribution is 2.35. The lowest BCUT2D eigenvalue weighted by molar-refractivity contribution is 0.270. The van der Waals surface area contributed by atoms with E-state index in [1.807, 2.05) is 30.3 Å². The molecule has 3 nitrogen and oxygen atoms in total. The molecule has 102 valence electrons. The highest BCUT2D eigenvalue weighted by atomic mass is 19.1. The Morgan fingerprint density at radius 3 is 2.60 bits per heavy atom. The topological polar surface area (TPSA) is 56.9 Å². The van der Waals surface area contributed by atoms with E-state index in [4.69, 9.17) is 0 Å². The standard InChI is InChI=1S/C16H15FN2O/c17-16-11-19-8-6-14(16)13(7-9-20)15(10-18)12-4-2-1-3-5-12/h1-6,8,11,13,15,20H,7,9H2/t13-,15+/m0/s1.